The van der Waals surface area contributed by atoms with Crippen molar-refractivity contribution in [3.63, 3.8) is 0 Å². The van der Waals surface area contributed by atoms with E-state index in [0.29, 0.717) is 12.0 Å². The molecular formula is C18H27BrFN3O. The Kier molecular flexibility index (Phi) is 7.49. The van der Waals surface area contributed by atoms with E-state index in [2.05, 4.69) is 31.6 Å². The summed E-state index contributed by atoms with van der Waals surface area (Å²) >= 11 is 3.45. The minimum Gasteiger partial charge on any atom is -0.385 e. The molecule has 1 aliphatic rings. The molecule has 0 bridgehead atoms. The fraction of sp³-hybridized carbons (Fsp3) is 0.611. The van der Waals surface area contributed by atoms with Crippen LogP contribution in [0.4, 0.5) is 4.39 Å². The van der Waals surface area contributed by atoms with Crippen molar-refractivity contribution in [1.29, 1.82) is 0 Å². The maximum Gasteiger partial charge on any atom is 0.191 e. The lowest BCUT2D eigenvalue weighted by Gasteiger charge is -2.30. The summed E-state index contributed by atoms with van der Waals surface area (Å²) in [6.07, 6.45) is 6.11. The molecule has 6 heteroatoms. The minimum atomic E-state index is -0.234. The standard InChI is InChI=1S/C18H27BrFN3O/c1-21-17(22-12-14-11-15(20)5-6-16(14)19)23-13-18(9-10-24-2)7-3-4-8-18/h5-6,11H,3-4,7-10,12-13H2,1-2H3,(H2,21,22,23). The molecule has 24 heavy (non-hydrogen) atoms. The van der Waals surface area contributed by atoms with Crippen LogP contribution in [0.5, 0.6) is 0 Å². The Bertz CT molecular complexity index is 559. The topological polar surface area (TPSA) is 45.7 Å². The Hall–Kier alpha value is -1.14. The first-order valence-electron chi connectivity index (χ1n) is 8.46. The normalized spacial score (nSPS) is 17.1. The Labute approximate surface area is 152 Å². The molecule has 134 valence electrons. The van der Waals surface area contributed by atoms with Gasteiger partial charge in [-0.05, 0) is 48.4 Å². The van der Waals surface area contributed by atoms with E-state index in [-0.39, 0.29) is 5.82 Å². The number of methoxy groups -OCH3 is 1. The number of rotatable bonds is 7. The van der Waals surface area contributed by atoms with Gasteiger partial charge in [0.1, 0.15) is 5.82 Å². The molecule has 1 fully saturated rings. The highest BCUT2D eigenvalue weighted by molar-refractivity contribution is 9.10. The van der Waals surface area contributed by atoms with Crippen LogP contribution in [0.1, 0.15) is 37.7 Å². The Morgan fingerprint density at radius 1 is 1.33 bits per heavy atom. The molecule has 2 N–H and O–H groups in total. The van der Waals surface area contributed by atoms with E-state index < -0.39 is 0 Å². The summed E-state index contributed by atoms with van der Waals surface area (Å²) in [6.45, 7) is 2.20. The molecule has 1 aromatic carbocycles. The first-order chi connectivity index (χ1) is 11.6. The second-order valence-corrected chi connectivity index (χ2v) is 7.32. The molecule has 0 aliphatic heterocycles. The molecule has 0 amide bonds. The average molecular weight is 400 g/mol. The number of hydrogen-bond donors (Lipinski definition) is 2. The van der Waals surface area contributed by atoms with E-state index in [0.717, 1.165) is 35.6 Å². The average Bonchev–Trinajstić information content (AvgIpc) is 3.05. The lowest BCUT2D eigenvalue weighted by Crippen LogP contribution is -2.43. The molecular weight excluding hydrogens is 373 g/mol. The van der Waals surface area contributed by atoms with E-state index in [4.69, 9.17) is 4.74 Å². The van der Waals surface area contributed by atoms with Gasteiger partial charge in [0.05, 0.1) is 0 Å². The van der Waals surface area contributed by atoms with Gasteiger partial charge in [0, 0.05) is 38.3 Å². The molecule has 1 saturated carbocycles. The van der Waals surface area contributed by atoms with Crippen LogP contribution in [0.3, 0.4) is 0 Å². The number of hydrogen-bond acceptors (Lipinski definition) is 2. The van der Waals surface area contributed by atoms with Crippen molar-refractivity contribution in [3.8, 4) is 0 Å². The van der Waals surface area contributed by atoms with Gasteiger partial charge in [0.25, 0.3) is 0 Å². The van der Waals surface area contributed by atoms with Gasteiger partial charge in [0.2, 0.25) is 0 Å². The molecule has 0 radical (unpaired) electrons. The van der Waals surface area contributed by atoms with E-state index in [1.54, 1.807) is 20.2 Å². The van der Waals surface area contributed by atoms with Gasteiger partial charge in [-0.1, -0.05) is 28.8 Å². The van der Waals surface area contributed by atoms with Crippen LogP contribution >= 0.6 is 15.9 Å². The summed E-state index contributed by atoms with van der Waals surface area (Å²) < 4.78 is 19.5. The monoisotopic (exact) mass is 399 g/mol. The molecule has 0 atom stereocenters. The van der Waals surface area contributed by atoms with Crippen molar-refractivity contribution >= 4 is 21.9 Å². The molecule has 1 aliphatic carbocycles. The van der Waals surface area contributed by atoms with E-state index in [1.807, 2.05) is 0 Å². The molecule has 0 heterocycles. The second kappa shape index (κ2) is 9.37. The third-order valence-electron chi connectivity index (χ3n) is 4.81. The molecule has 0 aromatic heterocycles. The Morgan fingerprint density at radius 2 is 2.08 bits per heavy atom. The highest BCUT2D eigenvalue weighted by atomic mass is 79.9. The van der Waals surface area contributed by atoms with Crippen molar-refractivity contribution in [1.82, 2.24) is 10.6 Å². The molecule has 2 rings (SSSR count). The predicted molar refractivity (Wildman–Crippen MR) is 99.7 cm³/mol. The lowest BCUT2D eigenvalue weighted by molar-refractivity contribution is 0.138. The quantitative estimate of drug-likeness (QED) is 0.540. The van der Waals surface area contributed by atoms with Crippen LogP contribution in [0.2, 0.25) is 0 Å². The molecule has 0 spiro atoms. The van der Waals surface area contributed by atoms with Gasteiger partial charge in [-0.25, -0.2) is 4.39 Å². The number of aliphatic imine (C=N–C) groups is 1. The van der Waals surface area contributed by atoms with Crippen LogP contribution in [0, 0.1) is 11.2 Å². The highest BCUT2D eigenvalue weighted by Crippen LogP contribution is 2.40. The number of ether oxygens (including phenoxy) is 1. The summed E-state index contributed by atoms with van der Waals surface area (Å²) in [7, 11) is 3.51. The van der Waals surface area contributed by atoms with Crippen LogP contribution in [0.25, 0.3) is 0 Å². The summed E-state index contributed by atoms with van der Waals surface area (Å²) in [5, 5.41) is 6.70. The van der Waals surface area contributed by atoms with Gasteiger partial charge in [-0.2, -0.15) is 0 Å². The van der Waals surface area contributed by atoms with E-state index in [1.165, 1.54) is 37.8 Å². The van der Waals surface area contributed by atoms with E-state index >= 15 is 0 Å². The summed E-state index contributed by atoms with van der Waals surface area (Å²) in [5.74, 6) is 0.511. The number of benzene rings is 1. The van der Waals surface area contributed by atoms with Gasteiger partial charge in [0.15, 0.2) is 5.96 Å². The third kappa shape index (κ3) is 5.45. The zero-order valence-electron chi connectivity index (χ0n) is 14.5. The van der Waals surface area contributed by atoms with Crippen molar-refractivity contribution in [2.24, 2.45) is 10.4 Å². The van der Waals surface area contributed by atoms with Gasteiger partial charge < -0.3 is 15.4 Å². The summed E-state index contributed by atoms with van der Waals surface area (Å²) in [4.78, 5) is 4.28. The fourth-order valence-corrected chi connectivity index (χ4v) is 3.70. The van der Waals surface area contributed by atoms with Crippen LogP contribution in [0.15, 0.2) is 27.7 Å². The highest BCUT2D eigenvalue weighted by Gasteiger charge is 2.33. The van der Waals surface area contributed by atoms with E-state index in [9.17, 15) is 4.39 Å². The number of halogens is 2. The summed E-state index contributed by atoms with van der Waals surface area (Å²) in [5.41, 5.74) is 1.17. The fourth-order valence-electron chi connectivity index (χ4n) is 3.31. The number of guanidine groups is 1. The summed E-state index contributed by atoms with van der Waals surface area (Å²) in [6, 6.07) is 4.70. The first kappa shape index (κ1) is 19.2. The lowest BCUT2D eigenvalue weighted by atomic mass is 9.83. The minimum absolute atomic E-state index is 0.234. The Morgan fingerprint density at radius 3 is 2.75 bits per heavy atom. The van der Waals surface area contributed by atoms with Crippen molar-refractivity contribution in [2.45, 2.75) is 38.6 Å². The maximum absolute atomic E-state index is 13.4. The van der Waals surface area contributed by atoms with Crippen LogP contribution in [-0.4, -0.2) is 33.3 Å². The third-order valence-corrected chi connectivity index (χ3v) is 5.58. The Balaban J connectivity index is 1.88. The molecule has 4 nitrogen and oxygen atoms in total. The molecule has 1 aromatic rings. The van der Waals surface area contributed by atoms with Crippen molar-refractivity contribution in [2.75, 3.05) is 27.3 Å². The number of nitrogens with one attached hydrogen (secondary N) is 2. The molecule has 0 unspecified atom stereocenters. The van der Waals surface area contributed by atoms with Gasteiger partial charge in [-0.15, -0.1) is 0 Å². The zero-order valence-corrected chi connectivity index (χ0v) is 16.1. The number of nitrogens with zero attached hydrogens (tertiary/aromatic N) is 1. The van der Waals surface area contributed by atoms with Crippen molar-refractivity contribution in [3.05, 3.63) is 34.1 Å². The van der Waals surface area contributed by atoms with Crippen LogP contribution in [-0.2, 0) is 11.3 Å². The van der Waals surface area contributed by atoms with Crippen molar-refractivity contribution < 1.29 is 9.13 Å². The molecule has 0 saturated heterocycles. The second-order valence-electron chi connectivity index (χ2n) is 6.46. The predicted octanol–water partition coefficient (Wildman–Crippen LogP) is 3.85. The van der Waals surface area contributed by atoms with Crippen LogP contribution < -0.4 is 10.6 Å². The maximum atomic E-state index is 13.4. The van der Waals surface area contributed by atoms with Gasteiger partial charge in [-0.3, -0.25) is 4.99 Å². The van der Waals surface area contributed by atoms with Gasteiger partial charge >= 0.3 is 0 Å². The smallest absolute Gasteiger partial charge is 0.191 e. The first-order valence-corrected chi connectivity index (χ1v) is 9.25. The largest absolute Gasteiger partial charge is 0.385 e. The zero-order chi connectivity index (χ0) is 17.4. The SMILES string of the molecule is CN=C(NCc1cc(F)ccc1Br)NCC1(CCOC)CCCC1.